The van der Waals surface area contributed by atoms with Crippen LogP contribution in [0.25, 0.3) is 33.4 Å². The van der Waals surface area contributed by atoms with Crippen LogP contribution in [0.5, 0.6) is 0 Å². The monoisotopic (exact) mass is 603 g/mol. The first-order valence-corrected chi connectivity index (χ1v) is 17.3. The van der Waals surface area contributed by atoms with E-state index in [1.54, 1.807) is 6.26 Å². The second-order valence-electron chi connectivity index (χ2n) is 14.2. The summed E-state index contributed by atoms with van der Waals surface area (Å²) >= 11 is 0. The molecule has 5 aromatic rings. The van der Waals surface area contributed by atoms with Crippen LogP contribution in [0.1, 0.15) is 49.3 Å². The van der Waals surface area contributed by atoms with Crippen molar-refractivity contribution in [2.45, 2.75) is 76.7 Å². The molecule has 4 aliphatic rings. The van der Waals surface area contributed by atoms with E-state index in [2.05, 4.69) is 67.3 Å². The lowest BCUT2D eigenvalue weighted by molar-refractivity contribution is 0.0608. The van der Waals surface area contributed by atoms with E-state index in [4.69, 9.17) is 14.4 Å². The molecule has 0 atom stereocenters. The fraction of sp³-hybridized carbons (Fsp3) is 0.514. The molecule has 45 heavy (non-hydrogen) atoms. The average molecular weight is 604 g/mol. The Morgan fingerprint density at radius 1 is 0.778 bits per heavy atom. The van der Waals surface area contributed by atoms with Crippen molar-refractivity contribution >= 4 is 22.1 Å². The minimum atomic E-state index is 0.705. The van der Waals surface area contributed by atoms with Gasteiger partial charge in [0.05, 0.1) is 28.3 Å². The predicted octanol–water partition coefficient (Wildman–Crippen LogP) is 5.83. The lowest BCUT2D eigenvalue weighted by Crippen LogP contribution is -2.48. The third kappa shape index (κ3) is 5.21. The molecule has 2 aliphatic heterocycles. The van der Waals surface area contributed by atoms with Crippen LogP contribution in [-0.2, 0) is 32.5 Å². The summed E-state index contributed by atoms with van der Waals surface area (Å²) in [6, 6.07) is 19.0. The number of nitrogens with zero attached hydrogens (tertiary/aromatic N) is 7. The highest BCUT2D eigenvalue weighted by molar-refractivity contribution is 5.82. The quantitative estimate of drug-likeness (QED) is 0.234. The van der Waals surface area contributed by atoms with Crippen molar-refractivity contribution in [1.82, 2.24) is 33.8 Å². The molecule has 0 spiro atoms. The van der Waals surface area contributed by atoms with Crippen molar-refractivity contribution in [1.29, 1.82) is 0 Å². The summed E-state index contributed by atoms with van der Waals surface area (Å²) in [5.41, 5.74) is 7.36. The zero-order valence-electron chi connectivity index (χ0n) is 26.6. The predicted molar refractivity (Wildman–Crippen MR) is 178 cm³/mol. The molecule has 3 aromatic heterocycles. The maximum atomic E-state index is 5.66. The average Bonchev–Trinajstić information content (AvgIpc) is 3.66. The van der Waals surface area contributed by atoms with Crippen LogP contribution in [-0.4, -0.2) is 85.7 Å². The van der Waals surface area contributed by atoms with Crippen molar-refractivity contribution in [3.8, 4) is 11.3 Å². The summed E-state index contributed by atoms with van der Waals surface area (Å²) in [6.07, 6.45) is 10.6. The third-order valence-corrected chi connectivity index (χ3v) is 11.3. The van der Waals surface area contributed by atoms with Gasteiger partial charge in [-0.3, -0.25) is 9.80 Å². The molecule has 0 unspecified atom stereocenters. The van der Waals surface area contributed by atoms with Crippen molar-refractivity contribution in [3.05, 3.63) is 72.0 Å². The normalized spacial score (nSPS) is 23.1. The van der Waals surface area contributed by atoms with E-state index in [-0.39, 0.29) is 0 Å². The number of furan rings is 1. The Labute approximate surface area is 265 Å². The SMILES string of the molecule is CN(Cc1ccc2nc3n(c2c1)CCN(C1CCC1)CC3)CC1CC(N2CCc3nc4ccc(-c5ccco5)cc4n3CC2)C1. The molecule has 234 valence electrons. The summed E-state index contributed by atoms with van der Waals surface area (Å²) in [5.74, 6) is 4.20. The first kappa shape index (κ1) is 27.8. The maximum absolute atomic E-state index is 5.66. The van der Waals surface area contributed by atoms with Crippen LogP contribution < -0.4 is 0 Å². The molecule has 0 saturated heterocycles. The van der Waals surface area contributed by atoms with Gasteiger partial charge in [0.25, 0.3) is 0 Å². The largest absolute Gasteiger partial charge is 0.464 e. The van der Waals surface area contributed by atoms with Gasteiger partial charge < -0.3 is 18.5 Å². The molecule has 2 saturated carbocycles. The Bertz CT molecular complexity index is 1810. The molecule has 0 radical (unpaired) electrons. The standard InChI is InChI=1S/C37H45N7O/c1-40(24-26-7-9-31-33(22-26)43-17-15-41(29-4-2-5-29)13-11-36(43)38-31)25-27-20-30(21-27)42-14-12-37-39-32-10-8-28(35-6-3-19-45-35)23-34(32)44(37)18-16-42/h3,6-10,19,22-23,27,29-30H,2,4-5,11-18,20-21,24-25H2,1H3. The van der Waals surface area contributed by atoms with Gasteiger partial charge in [-0.2, -0.15) is 0 Å². The van der Waals surface area contributed by atoms with E-state index in [1.165, 1.54) is 79.0 Å². The maximum Gasteiger partial charge on any atom is 0.133 e. The molecular formula is C37H45N7O. The van der Waals surface area contributed by atoms with E-state index in [1.807, 2.05) is 12.1 Å². The topological polar surface area (TPSA) is 58.5 Å². The molecule has 0 amide bonds. The van der Waals surface area contributed by atoms with Crippen molar-refractivity contribution < 1.29 is 4.42 Å². The minimum Gasteiger partial charge on any atom is -0.464 e. The fourth-order valence-electron chi connectivity index (χ4n) is 8.58. The Hall–Kier alpha value is -3.46. The molecular weight excluding hydrogens is 558 g/mol. The van der Waals surface area contributed by atoms with E-state index in [9.17, 15) is 0 Å². The van der Waals surface area contributed by atoms with Crippen molar-refractivity contribution in [2.24, 2.45) is 5.92 Å². The van der Waals surface area contributed by atoms with Gasteiger partial charge in [0, 0.05) is 82.8 Å². The molecule has 5 heterocycles. The molecule has 0 N–H and O–H groups in total. The molecule has 0 bridgehead atoms. The molecule has 2 aromatic carbocycles. The highest BCUT2D eigenvalue weighted by Gasteiger charge is 2.35. The highest BCUT2D eigenvalue weighted by Crippen LogP contribution is 2.34. The highest BCUT2D eigenvalue weighted by atomic mass is 16.3. The Morgan fingerprint density at radius 3 is 2.13 bits per heavy atom. The third-order valence-electron chi connectivity index (χ3n) is 11.3. The summed E-state index contributed by atoms with van der Waals surface area (Å²) in [7, 11) is 2.30. The number of imidazole rings is 2. The second kappa shape index (κ2) is 11.4. The van der Waals surface area contributed by atoms with Crippen LogP contribution >= 0.6 is 0 Å². The minimum absolute atomic E-state index is 0.705. The van der Waals surface area contributed by atoms with Crippen LogP contribution in [0.2, 0.25) is 0 Å². The summed E-state index contributed by atoms with van der Waals surface area (Å²) in [4.78, 5) is 18.1. The van der Waals surface area contributed by atoms with E-state index in [0.717, 1.165) is 80.9 Å². The number of rotatable bonds is 7. The zero-order chi connectivity index (χ0) is 29.9. The lowest BCUT2D eigenvalue weighted by atomic mass is 9.79. The molecule has 8 nitrogen and oxygen atoms in total. The van der Waals surface area contributed by atoms with Crippen molar-refractivity contribution in [3.63, 3.8) is 0 Å². The zero-order valence-corrected chi connectivity index (χ0v) is 26.6. The van der Waals surface area contributed by atoms with E-state index >= 15 is 0 Å². The van der Waals surface area contributed by atoms with Gasteiger partial charge in [-0.1, -0.05) is 12.5 Å². The fourth-order valence-corrected chi connectivity index (χ4v) is 8.58. The van der Waals surface area contributed by atoms with Crippen LogP contribution in [0, 0.1) is 5.92 Å². The van der Waals surface area contributed by atoms with Crippen LogP contribution in [0.15, 0.2) is 59.2 Å². The summed E-state index contributed by atoms with van der Waals surface area (Å²) < 4.78 is 10.6. The van der Waals surface area contributed by atoms with Gasteiger partial charge in [0.1, 0.15) is 17.4 Å². The number of benzene rings is 2. The molecule has 2 aliphatic carbocycles. The molecule has 2 fully saturated rings. The first-order valence-electron chi connectivity index (χ1n) is 17.3. The van der Waals surface area contributed by atoms with E-state index in [0.29, 0.717) is 6.04 Å². The number of fused-ring (bicyclic) bond motifs is 6. The Morgan fingerprint density at radius 2 is 1.47 bits per heavy atom. The van der Waals surface area contributed by atoms with Crippen LogP contribution in [0.4, 0.5) is 0 Å². The van der Waals surface area contributed by atoms with Gasteiger partial charge in [0.2, 0.25) is 0 Å². The molecule has 9 rings (SSSR count). The summed E-state index contributed by atoms with van der Waals surface area (Å²) in [6.45, 7) is 8.80. The van der Waals surface area contributed by atoms with E-state index < -0.39 is 0 Å². The lowest BCUT2D eigenvalue weighted by Gasteiger charge is -2.44. The summed E-state index contributed by atoms with van der Waals surface area (Å²) in [5, 5.41) is 0. The molecule has 8 heteroatoms. The van der Waals surface area contributed by atoms with Gasteiger partial charge >= 0.3 is 0 Å². The first-order chi connectivity index (χ1) is 22.1. The van der Waals surface area contributed by atoms with Gasteiger partial charge in [-0.25, -0.2) is 9.97 Å². The van der Waals surface area contributed by atoms with Gasteiger partial charge in [-0.15, -0.1) is 0 Å². The smallest absolute Gasteiger partial charge is 0.133 e. The Balaban J connectivity index is 0.796. The number of hydrogen-bond donors (Lipinski definition) is 0. The van der Waals surface area contributed by atoms with Gasteiger partial charge in [0.15, 0.2) is 0 Å². The van der Waals surface area contributed by atoms with Crippen molar-refractivity contribution in [2.75, 3.05) is 39.8 Å². The second-order valence-corrected chi connectivity index (χ2v) is 14.2. The number of hydrogen-bond acceptors (Lipinski definition) is 6. The van der Waals surface area contributed by atoms with Crippen LogP contribution in [0.3, 0.4) is 0 Å². The Kier molecular flexibility index (Phi) is 7.05. The number of aromatic nitrogens is 4. The van der Waals surface area contributed by atoms with Gasteiger partial charge in [-0.05, 0) is 86.7 Å².